The van der Waals surface area contributed by atoms with Gasteiger partial charge in [0.25, 0.3) is 17.4 Å². The van der Waals surface area contributed by atoms with Gasteiger partial charge in [-0.3, -0.25) is 34.2 Å². The maximum atomic E-state index is 14.4. The first-order chi connectivity index (χ1) is 27.0. The van der Waals surface area contributed by atoms with Gasteiger partial charge in [-0.2, -0.15) is 0 Å². The Morgan fingerprint density at radius 3 is 1.61 bits per heavy atom. The van der Waals surface area contributed by atoms with Crippen molar-refractivity contribution >= 4 is 23.5 Å². The summed E-state index contributed by atoms with van der Waals surface area (Å²) in [5.74, 6) is -0.632. The van der Waals surface area contributed by atoms with Crippen LogP contribution >= 0.6 is 0 Å². The van der Waals surface area contributed by atoms with Gasteiger partial charge in [0.05, 0.1) is 50.2 Å². The quantitative estimate of drug-likeness (QED) is 0.185. The van der Waals surface area contributed by atoms with Crippen LogP contribution in [0.1, 0.15) is 54.4 Å². The number of fused-ring (bicyclic) bond motifs is 2. The maximum absolute atomic E-state index is 14.4. The van der Waals surface area contributed by atoms with E-state index in [-0.39, 0.29) is 55.2 Å². The van der Waals surface area contributed by atoms with Crippen LogP contribution in [0.15, 0.2) is 90.5 Å². The van der Waals surface area contributed by atoms with Gasteiger partial charge in [-0.15, -0.1) is 0 Å². The van der Waals surface area contributed by atoms with Gasteiger partial charge >= 0.3 is 0 Å². The number of anilines is 2. The standard InChI is InChI=1S/2C20H17FN4O3/c1-12-3-4-14(22-7-12)11-28-17-6-15-13(5-16(17)21)10-25(20(15)26)18-8-24-19(27-2)9-23-18;1-12-3-4-14(22-7-12)11-28-17-6-15-13(5-16(17)21)9-25(20(15)27)18-10-24(2)19(26)8-23-18/h3-9H,10-11H2,1-2H3;3-8,10H,9,11H2,1-2H3. The van der Waals surface area contributed by atoms with E-state index in [4.69, 9.17) is 14.2 Å². The molecule has 0 aliphatic carbocycles. The van der Waals surface area contributed by atoms with Crippen LogP contribution in [-0.2, 0) is 33.4 Å². The Kier molecular flexibility index (Phi) is 10.4. The maximum Gasteiger partial charge on any atom is 0.268 e. The molecule has 0 fully saturated rings. The van der Waals surface area contributed by atoms with Gasteiger partial charge in [0.2, 0.25) is 5.88 Å². The summed E-state index contributed by atoms with van der Waals surface area (Å²) in [6.07, 6.45) is 8.92. The first-order valence-electron chi connectivity index (χ1n) is 17.2. The minimum Gasteiger partial charge on any atom is -0.484 e. The molecule has 0 radical (unpaired) electrons. The average Bonchev–Trinajstić information content (AvgIpc) is 3.69. The molecule has 2 aromatic carbocycles. The fourth-order valence-electron chi connectivity index (χ4n) is 5.86. The average molecular weight is 761 g/mol. The molecular weight excluding hydrogens is 726 g/mol. The molecule has 0 spiro atoms. The van der Waals surface area contributed by atoms with Crippen molar-refractivity contribution in [3.05, 3.63) is 152 Å². The molecule has 56 heavy (non-hydrogen) atoms. The third kappa shape index (κ3) is 7.89. The Morgan fingerprint density at radius 2 is 1.16 bits per heavy atom. The zero-order valence-electron chi connectivity index (χ0n) is 30.7. The van der Waals surface area contributed by atoms with Gasteiger partial charge in [0, 0.05) is 36.8 Å². The van der Waals surface area contributed by atoms with E-state index >= 15 is 0 Å². The zero-order chi connectivity index (χ0) is 39.5. The van der Waals surface area contributed by atoms with Gasteiger partial charge in [-0.25, -0.2) is 23.7 Å². The van der Waals surface area contributed by atoms with Gasteiger partial charge in [0.1, 0.15) is 13.2 Å². The summed E-state index contributed by atoms with van der Waals surface area (Å²) in [4.78, 5) is 60.6. The largest absolute Gasteiger partial charge is 0.484 e. The summed E-state index contributed by atoms with van der Waals surface area (Å²) in [5.41, 5.74) is 4.94. The fraction of sp³-hybridized carbons (Fsp3) is 0.200. The second kappa shape index (κ2) is 15.7. The number of hydrogen-bond acceptors (Lipinski definition) is 11. The minimum atomic E-state index is -0.547. The molecule has 14 nitrogen and oxygen atoms in total. The minimum absolute atomic E-state index is 0.00949. The van der Waals surface area contributed by atoms with E-state index in [1.54, 1.807) is 25.5 Å². The highest BCUT2D eigenvalue weighted by molar-refractivity contribution is 6.10. The van der Waals surface area contributed by atoms with Crippen molar-refractivity contribution in [2.75, 3.05) is 16.9 Å². The number of pyridine rings is 2. The van der Waals surface area contributed by atoms with Gasteiger partial charge < -0.3 is 18.8 Å². The summed E-state index contributed by atoms with van der Waals surface area (Å²) < 4.78 is 46.3. The lowest BCUT2D eigenvalue weighted by Gasteiger charge is -2.14. The molecular formula is C40H34F2N8O6. The first kappa shape index (κ1) is 37.2. The first-order valence-corrected chi connectivity index (χ1v) is 17.2. The molecule has 0 bridgehead atoms. The summed E-state index contributed by atoms with van der Waals surface area (Å²) in [6, 6.07) is 12.9. The Morgan fingerprint density at radius 1 is 0.643 bits per heavy atom. The molecule has 0 atom stereocenters. The van der Waals surface area contributed by atoms with Crippen LogP contribution in [0.3, 0.4) is 0 Å². The van der Waals surface area contributed by atoms with E-state index in [9.17, 15) is 23.2 Å². The lowest BCUT2D eigenvalue weighted by Crippen LogP contribution is -2.27. The number of nitrogens with zero attached hydrogens (tertiary/aromatic N) is 8. The van der Waals surface area contributed by atoms with E-state index in [0.29, 0.717) is 51.2 Å². The van der Waals surface area contributed by atoms with Crippen LogP contribution in [0, 0.1) is 25.5 Å². The predicted molar refractivity (Wildman–Crippen MR) is 199 cm³/mol. The number of halogens is 2. The van der Waals surface area contributed by atoms with Crippen LogP contribution in [0.25, 0.3) is 0 Å². The third-order valence-electron chi connectivity index (χ3n) is 8.96. The molecule has 284 valence electrons. The number of hydrogen-bond donors (Lipinski definition) is 0. The van der Waals surface area contributed by atoms with E-state index < -0.39 is 11.6 Å². The van der Waals surface area contributed by atoms with Crippen LogP contribution < -0.4 is 29.6 Å². The number of carbonyl (C=O) groups excluding carboxylic acids is 2. The summed E-state index contributed by atoms with van der Waals surface area (Å²) in [7, 11) is 3.06. The van der Waals surface area contributed by atoms with Crippen molar-refractivity contribution in [1.29, 1.82) is 0 Å². The normalized spacial score (nSPS) is 12.9. The number of carbonyl (C=O) groups is 2. The molecule has 2 aliphatic rings. The van der Waals surface area contributed by atoms with Crippen molar-refractivity contribution in [3.63, 3.8) is 0 Å². The molecule has 6 aromatic rings. The third-order valence-corrected chi connectivity index (χ3v) is 8.96. The number of aromatic nitrogens is 6. The number of methoxy groups -OCH3 is 1. The van der Waals surface area contributed by atoms with Crippen molar-refractivity contribution in [1.82, 2.24) is 29.5 Å². The van der Waals surface area contributed by atoms with Crippen molar-refractivity contribution < 1.29 is 32.6 Å². The molecule has 2 aliphatic heterocycles. The zero-order valence-corrected chi connectivity index (χ0v) is 30.7. The van der Waals surface area contributed by atoms with Crippen molar-refractivity contribution in [2.45, 2.75) is 40.2 Å². The van der Waals surface area contributed by atoms with Crippen LogP contribution in [0.4, 0.5) is 20.4 Å². The van der Waals surface area contributed by atoms with Crippen molar-refractivity contribution in [2.24, 2.45) is 7.05 Å². The molecule has 16 heteroatoms. The number of benzene rings is 2. The monoisotopic (exact) mass is 760 g/mol. The summed E-state index contributed by atoms with van der Waals surface area (Å²) in [6.45, 7) is 4.45. The predicted octanol–water partition coefficient (Wildman–Crippen LogP) is 5.43. The van der Waals surface area contributed by atoms with Crippen LogP contribution in [-0.4, -0.2) is 48.4 Å². The molecule has 0 N–H and O–H groups in total. The Balaban J connectivity index is 0.000000172. The highest BCUT2D eigenvalue weighted by atomic mass is 19.1. The lowest BCUT2D eigenvalue weighted by atomic mass is 10.1. The highest BCUT2D eigenvalue weighted by Gasteiger charge is 2.33. The lowest BCUT2D eigenvalue weighted by molar-refractivity contribution is 0.0987. The highest BCUT2D eigenvalue weighted by Crippen LogP contribution is 2.33. The van der Waals surface area contributed by atoms with Crippen LogP contribution in [0.2, 0.25) is 0 Å². The molecule has 0 saturated heterocycles. The number of amides is 2. The van der Waals surface area contributed by atoms with E-state index in [1.165, 1.54) is 64.3 Å². The smallest absolute Gasteiger partial charge is 0.268 e. The van der Waals surface area contributed by atoms with Crippen LogP contribution in [0.5, 0.6) is 17.4 Å². The van der Waals surface area contributed by atoms with E-state index in [2.05, 4.69) is 24.9 Å². The Labute approximate surface area is 319 Å². The topological polar surface area (TPSA) is 155 Å². The fourth-order valence-corrected chi connectivity index (χ4v) is 5.86. The van der Waals surface area contributed by atoms with Gasteiger partial charge in [-0.1, -0.05) is 12.1 Å². The summed E-state index contributed by atoms with van der Waals surface area (Å²) in [5, 5.41) is 0. The van der Waals surface area contributed by atoms with E-state index in [1.807, 2.05) is 32.0 Å². The van der Waals surface area contributed by atoms with E-state index in [0.717, 1.165) is 17.3 Å². The molecule has 0 unspecified atom stereocenters. The number of ether oxygens (including phenoxy) is 3. The second-order valence-corrected chi connectivity index (χ2v) is 13.0. The summed E-state index contributed by atoms with van der Waals surface area (Å²) >= 11 is 0. The number of aryl methyl sites for hydroxylation is 3. The molecule has 8 rings (SSSR count). The molecule has 6 heterocycles. The Bertz CT molecular complexity index is 2500. The second-order valence-electron chi connectivity index (χ2n) is 13.0. The SMILES string of the molecule is COc1cnc(N2Cc3cc(F)c(OCc4ccc(C)cn4)cc3C2=O)cn1.Cc1ccc(COc2cc3c(cc2F)CN(c2cn(C)c(=O)cn2)C3=O)nc1. The molecule has 2 amide bonds. The molecule has 0 saturated carbocycles. The van der Waals surface area contributed by atoms with Gasteiger partial charge in [-0.05, 0) is 72.5 Å². The number of rotatable bonds is 9. The molecule has 4 aromatic heterocycles. The Hall–Kier alpha value is -7.10. The van der Waals surface area contributed by atoms with Gasteiger partial charge in [0.15, 0.2) is 34.8 Å². The van der Waals surface area contributed by atoms with Crippen molar-refractivity contribution in [3.8, 4) is 17.4 Å².